The van der Waals surface area contributed by atoms with E-state index in [2.05, 4.69) is 19.8 Å². The van der Waals surface area contributed by atoms with Crippen LogP contribution >= 0.6 is 11.3 Å². The summed E-state index contributed by atoms with van der Waals surface area (Å²) in [4.78, 5) is 12.9. The summed E-state index contributed by atoms with van der Waals surface area (Å²) >= 11 is 1.62. The Morgan fingerprint density at radius 3 is 3.05 bits per heavy atom. The Labute approximate surface area is 133 Å². The topological polar surface area (TPSA) is 45.4 Å². The maximum absolute atomic E-state index is 13.8. The molecule has 0 radical (unpaired) electrons. The van der Waals surface area contributed by atoms with Crippen LogP contribution in [0, 0.1) is 6.92 Å². The molecule has 2 aromatic heterocycles. The molecule has 7 heteroatoms. The molecule has 3 rings (SSSR count). The van der Waals surface area contributed by atoms with E-state index >= 15 is 0 Å². The molecule has 0 spiro atoms. The van der Waals surface area contributed by atoms with Crippen molar-refractivity contribution in [3.8, 4) is 0 Å². The average molecular weight is 324 g/mol. The maximum atomic E-state index is 13.8. The lowest BCUT2D eigenvalue weighted by molar-refractivity contribution is 0.173. The fourth-order valence-electron chi connectivity index (χ4n) is 2.94. The Morgan fingerprint density at radius 1 is 1.50 bits per heavy atom. The van der Waals surface area contributed by atoms with Gasteiger partial charge in [-0.3, -0.25) is 9.80 Å². The number of likely N-dealkylation sites (tertiary alicyclic amines) is 1. The Kier molecular flexibility index (Phi) is 4.85. The number of aromatic nitrogens is 2. The zero-order valence-electron chi connectivity index (χ0n) is 12.9. The lowest BCUT2D eigenvalue weighted by Gasteiger charge is -2.27. The van der Waals surface area contributed by atoms with Crippen LogP contribution in [0.1, 0.15) is 23.1 Å². The number of rotatable bonds is 6. The average Bonchev–Trinajstić information content (AvgIpc) is 3.15. The highest BCUT2D eigenvalue weighted by molar-refractivity contribution is 7.09. The standard InChI is InChI=1S/C15H21FN4OS/c1-11-6-18-14(21-11)9-19(2)8-13-5-12(16)7-20(13)10-15-17-3-4-22-15/h3-4,6,12-13H,5,7-10H2,1-2H3/t12-,13-/m0/s1. The second-order valence-electron chi connectivity index (χ2n) is 5.90. The Balaban J connectivity index is 1.57. The van der Waals surface area contributed by atoms with Crippen LogP contribution in [0.2, 0.25) is 0 Å². The van der Waals surface area contributed by atoms with E-state index in [1.54, 1.807) is 23.7 Å². The first-order valence-electron chi connectivity index (χ1n) is 7.46. The summed E-state index contributed by atoms with van der Waals surface area (Å²) in [5, 5.41) is 3.01. The molecule has 120 valence electrons. The van der Waals surface area contributed by atoms with E-state index in [1.165, 1.54) is 0 Å². The summed E-state index contributed by atoms with van der Waals surface area (Å²) in [6.07, 6.45) is 3.36. The third-order valence-electron chi connectivity index (χ3n) is 3.90. The van der Waals surface area contributed by atoms with Crippen LogP contribution in [0.25, 0.3) is 0 Å². The second-order valence-corrected chi connectivity index (χ2v) is 6.88. The molecule has 2 atom stereocenters. The summed E-state index contributed by atoms with van der Waals surface area (Å²) in [6, 6.07) is 0.208. The summed E-state index contributed by atoms with van der Waals surface area (Å²) in [5.74, 6) is 1.53. The first kappa shape index (κ1) is 15.6. The van der Waals surface area contributed by atoms with Gasteiger partial charge in [-0.2, -0.15) is 0 Å². The van der Waals surface area contributed by atoms with E-state index in [0.717, 1.165) is 23.9 Å². The molecule has 22 heavy (non-hydrogen) atoms. The highest BCUT2D eigenvalue weighted by atomic mass is 32.1. The van der Waals surface area contributed by atoms with Gasteiger partial charge in [0.25, 0.3) is 0 Å². The largest absolute Gasteiger partial charge is 0.445 e. The van der Waals surface area contributed by atoms with Crippen molar-refractivity contribution in [1.82, 2.24) is 19.8 Å². The van der Waals surface area contributed by atoms with Crippen LogP contribution < -0.4 is 0 Å². The summed E-state index contributed by atoms with van der Waals surface area (Å²) in [7, 11) is 2.02. The molecular weight excluding hydrogens is 303 g/mol. The number of hydrogen-bond acceptors (Lipinski definition) is 6. The third kappa shape index (κ3) is 3.91. The van der Waals surface area contributed by atoms with E-state index in [9.17, 15) is 4.39 Å². The molecule has 1 fully saturated rings. The Bertz CT molecular complexity index is 588. The number of hydrogen-bond donors (Lipinski definition) is 0. The number of oxazole rings is 1. The SMILES string of the molecule is Cc1cnc(CN(C)C[C@@H]2C[C@H](F)CN2Cc2nccs2)o1. The maximum Gasteiger partial charge on any atom is 0.208 e. The molecular formula is C15H21FN4OS. The first-order valence-corrected chi connectivity index (χ1v) is 8.34. The monoisotopic (exact) mass is 324 g/mol. The number of likely N-dealkylation sites (N-methyl/N-ethyl adjacent to an activating group) is 1. The molecule has 1 saturated heterocycles. The van der Waals surface area contributed by atoms with Crippen LogP contribution in [0.5, 0.6) is 0 Å². The van der Waals surface area contributed by atoms with Gasteiger partial charge in [0.05, 0.1) is 19.3 Å². The van der Waals surface area contributed by atoms with E-state index in [-0.39, 0.29) is 6.04 Å². The highest BCUT2D eigenvalue weighted by Gasteiger charge is 2.33. The first-order chi connectivity index (χ1) is 10.6. The normalized spacial score (nSPS) is 22.7. The number of aryl methyl sites for hydroxylation is 1. The van der Waals surface area contributed by atoms with Crippen LogP contribution in [-0.2, 0) is 13.1 Å². The van der Waals surface area contributed by atoms with Gasteiger partial charge in [0.1, 0.15) is 16.9 Å². The van der Waals surface area contributed by atoms with Gasteiger partial charge in [0.15, 0.2) is 0 Å². The van der Waals surface area contributed by atoms with Crippen molar-refractivity contribution in [2.75, 3.05) is 20.1 Å². The number of alkyl halides is 1. The summed E-state index contributed by atoms with van der Waals surface area (Å²) in [6.45, 7) is 4.56. The Morgan fingerprint density at radius 2 is 2.36 bits per heavy atom. The van der Waals surface area contributed by atoms with Crippen molar-refractivity contribution >= 4 is 11.3 Å². The van der Waals surface area contributed by atoms with Gasteiger partial charge < -0.3 is 4.42 Å². The Hall–Kier alpha value is -1.31. The van der Waals surface area contributed by atoms with E-state index in [1.807, 2.05) is 19.4 Å². The molecule has 0 unspecified atom stereocenters. The van der Waals surface area contributed by atoms with Crippen LogP contribution in [0.3, 0.4) is 0 Å². The minimum Gasteiger partial charge on any atom is -0.445 e. The molecule has 3 heterocycles. The van der Waals surface area contributed by atoms with E-state index < -0.39 is 6.17 Å². The molecule has 0 bridgehead atoms. The summed E-state index contributed by atoms with van der Waals surface area (Å²) in [5.41, 5.74) is 0. The van der Waals surface area contributed by atoms with Gasteiger partial charge in [-0.05, 0) is 20.4 Å². The number of thiazole rings is 1. The van der Waals surface area contributed by atoms with Crippen molar-refractivity contribution in [2.24, 2.45) is 0 Å². The zero-order valence-corrected chi connectivity index (χ0v) is 13.7. The van der Waals surface area contributed by atoms with E-state index in [4.69, 9.17) is 4.42 Å². The van der Waals surface area contributed by atoms with Crippen molar-refractivity contribution in [2.45, 2.75) is 38.6 Å². The van der Waals surface area contributed by atoms with Gasteiger partial charge in [-0.15, -0.1) is 11.3 Å². The smallest absolute Gasteiger partial charge is 0.208 e. The quantitative estimate of drug-likeness (QED) is 0.817. The molecule has 2 aromatic rings. The van der Waals surface area contributed by atoms with Gasteiger partial charge >= 0.3 is 0 Å². The van der Waals surface area contributed by atoms with Crippen molar-refractivity contribution in [1.29, 1.82) is 0 Å². The van der Waals surface area contributed by atoms with Crippen molar-refractivity contribution in [3.63, 3.8) is 0 Å². The molecule has 0 saturated carbocycles. The molecule has 0 amide bonds. The van der Waals surface area contributed by atoms with Crippen LogP contribution in [0.4, 0.5) is 4.39 Å². The lowest BCUT2D eigenvalue weighted by Crippen LogP contribution is -2.38. The van der Waals surface area contributed by atoms with Gasteiger partial charge in [0, 0.05) is 30.7 Å². The predicted octanol–water partition coefficient (Wildman–Crippen LogP) is 2.48. The number of halogens is 1. The van der Waals surface area contributed by atoms with Gasteiger partial charge in [-0.1, -0.05) is 0 Å². The van der Waals surface area contributed by atoms with Crippen LogP contribution in [-0.4, -0.2) is 52.1 Å². The van der Waals surface area contributed by atoms with Crippen molar-refractivity contribution < 1.29 is 8.81 Å². The van der Waals surface area contributed by atoms with Gasteiger partial charge in [0.2, 0.25) is 5.89 Å². The number of nitrogens with zero attached hydrogens (tertiary/aromatic N) is 4. The lowest BCUT2D eigenvalue weighted by atomic mass is 10.2. The minimum absolute atomic E-state index is 0.208. The van der Waals surface area contributed by atoms with Gasteiger partial charge in [-0.25, -0.2) is 14.4 Å². The molecule has 5 nitrogen and oxygen atoms in total. The molecule has 1 aliphatic heterocycles. The summed E-state index contributed by atoms with van der Waals surface area (Å²) < 4.78 is 19.3. The molecule has 1 aliphatic rings. The molecule has 0 aromatic carbocycles. The minimum atomic E-state index is -0.748. The van der Waals surface area contributed by atoms with E-state index in [0.29, 0.717) is 25.4 Å². The zero-order chi connectivity index (χ0) is 15.5. The highest BCUT2D eigenvalue weighted by Crippen LogP contribution is 2.24. The predicted molar refractivity (Wildman–Crippen MR) is 83.4 cm³/mol. The van der Waals surface area contributed by atoms with Crippen LogP contribution in [0.15, 0.2) is 22.2 Å². The molecule has 0 aliphatic carbocycles. The molecule has 0 N–H and O–H groups in total. The second kappa shape index (κ2) is 6.85. The van der Waals surface area contributed by atoms with Crippen molar-refractivity contribution in [3.05, 3.63) is 34.4 Å². The fraction of sp³-hybridized carbons (Fsp3) is 0.600. The fourth-order valence-corrected chi connectivity index (χ4v) is 3.58. The third-order valence-corrected chi connectivity index (χ3v) is 4.66.